The van der Waals surface area contributed by atoms with Crippen LogP contribution in [0, 0.1) is 6.92 Å². The minimum atomic E-state index is -3.72. The minimum Gasteiger partial charge on any atom is -0.352 e. The lowest BCUT2D eigenvalue weighted by Gasteiger charge is -2.11. The molecular formula is C25H25N3O3S. The molecule has 1 heterocycles. The number of aryl methyl sites for hydroxylation is 2. The van der Waals surface area contributed by atoms with Gasteiger partial charge in [0.05, 0.1) is 4.90 Å². The highest BCUT2D eigenvalue weighted by atomic mass is 32.2. The van der Waals surface area contributed by atoms with Crippen LogP contribution in [0.3, 0.4) is 0 Å². The SMILES string of the molecule is Cc1ccc(S(=O)(=O)Nc2cccc(C(=O)NCCCn3ccc4ccccc43)c2)cc1. The number of benzene rings is 3. The van der Waals surface area contributed by atoms with Crippen molar-refractivity contribution in [3.63, 3.8) is 0 Å². The number of para-hydroxylation sites is 1. The number of fused-ring (bicyclic) bond motifs is 1. The highest BCUT2D eigenvalue weighted by Crippen LogP contribution is 2.18. The molecule has 164 valence electrons. The summed E-state index contributed by atoms with van der Waals surface area (Å²) >= 11 is 0. The predicted octanol–water partition coefficient (Wildman–Crippen LogP) is 4.57. The Hall–Kier alpha value is -3.58. The molecule has 0 bridgehead atoms. The van der Waals surface area contributed by atoms with Crippen molar-refractivity contribution < 1.29 is 13.2 Å². The molecule has 0 saturated carbocycles. The number of nitrogens with zero attached hydrogens (tertiary/aromatic N) is 1. The molecule has 4 rings (SSSR count). The Morgan fingerprint density at radius 1 is 0.938 bits per heavy atom. The number of rotatable bonds is 8. The summed E-state index contributed by atoms with van der Waals surface area (Å²) in [5.41, 5.74) is 2.90. The van der Waals surface area contributed by atoms with Crippen LogP contribution in [-0.2, 0) is 16.6 Å². The Balaban J connectivity index is 1.34. The molecule has 7 heteroatoms. The van der Waals surface area contributed by atoms with Crippen molar-refractivity contribution in [2.45, 2.75) is 24.8 Å². The van der Waals surface area contributed by atoms with Crippen LogP contribution in [0.4, 0.5) is 5.69 Å². The van der Waals surface area contributed by atoms with Crippen molar-refractivity contribution in [1.82, 2.24) is 9.88 Å². The third-order valence-electron chi connectivity index (χ3n) is 5.25. The molecule has 6 nitrogen and oxygen atoms in total. The second kappa shape index (κ2) is 9.28. The molecule has 1 amide bonds. The van der Waals surface area contributed by atoms with Crippen LogP contribution in [0.25, 0.3) is 10.9 Å². The number of hydrogen-bond donors (Lipinski definition) is 2. The third-order valence-corrected chi connectivity index (χ3v) is 6.65. The first kappa shape index (κ1) is 21.6. The van der Waals surface area contributed by atoms with E-state index in [4.69, 9.17) is 0 Å². The number of amides is 1. The van der Waals surface area contributed by atoms with E-state index in [0.717, 1.165) is 18.5 Å². The highest BCUT2D eigenvalue weighted by molar-refractivity contribution is 7.92. The van der Waals surface area contributed by atoms with Gasteiger partial charge in [-0.3, -0.25) is 9.52 Å². The molecule has 0 aliphatic heterocycles. The van der Waals surface area contributed by atoms with E-state index in [1.54, 1.807) is 48.5 Å². The molecule has 3 aromatic carbocycles. The second-order valence-corrected chi connectivity index (χ2v) is 9.36. The van der Waals surface area contributed by atoms with E-state index in [9.17, 15) is 13.2 Å². The average Bonchev–Trinajstić information content (AvgIpc) is 3.20. The number of anilines is 1. The largest absolute Gasteiger partial charge is 0.352 e. The van der Waals surface area contributed by atoms with Crippen molar-refractivity contribution in [2.24, 2.45) is 0 Å². The maximum absolute atomic E-state index is 12.6. The van der Waals surface area contributed by atoms with Gasteiger partial charge in [0, 0.05) is 36.1 Å². The second-order valence-electron chi connectivity index (χ2n) is 7.68. The summed E-state index contributed by atoms with van der Waals surface area (Å²) < 4.78 is 29.9. The molecule has 0 radical (unpaired) electrons. The zero-order valence-electron chi connectivity index (χ0n) is 17.8. The van der Waals surface area contributed by atoms with Crippen molar-refractivity contribution >= 4 is 32.5 Å². The van der Waals surface area contributed by atoms with Crippen molar-refractivity contribution in [3.05, 3.63) is 96.2 Å². The summed E-state index contributed by atoms with van der Waals surface area (Å²) in [6.45, 7) is 3.21. The number of sulfonamides is 1. The first-order chi connectivity index (χ1) is 15.4. The van der Waals surface area contributed by atoms with E-state index >= 15 is 0 Å². The van der Waals surface area contributed by atoms with Gasteiger partial charge in [-0.2, -0.15) is 0 Å². The van der Waals surface area contributed by atoms with Gasteiger partial charge in [0.2, 0.25) is 0 Å². The van der Waals surface area contributed by atoms with E-state index in [1.807, 2.05) is 19.1 Å². The van der Waals surface area contributed by atoms with E-state index in [1.165, 1.54) is 10.9 Å². The van der Waals surface area contributed by atoms with Gasteiger partial charge in [0.15, 0.2) is 0 Å². The summed E-state index contributed by atoms with van der Waals surface area (Å²) in [7, 11) is -3.72. The number of carbonyl (C=O) groups excluding carboxylic acids is 1. The van der Waals surface area contributed by atoms with Crippen molar-refractivity contribution in [1.29, 1.82) is 0 Å². The van der Waals surface area contributed by atoms with Crippen molar-refractivity contribution in [2.75, 3.05) is 11.3 Å². The average molecular weight is 448 g/mol. The summed E-state index contributed by atoms with van der Waals surface area (Å²) in [4.78, 5) is 12.7. The smallest absolute Gasteiger partial charge is 0.261 e. The minimum absolute atomic E-state index is 0.176. The fourth-order valence-corrected chi connectivity index (χ4v) is 4.59. The summed E-state index contributed by atoms with van der Waals surface area (Å²) in [6, 6.07) is 23.4. The number of nitrogens with one attached hydrogen (secondary N) is 2. The zero-order chi connectivity index (χ0) is 22.6. The van der Waals surface area contributed by atoms with E-state index in [2.05, 4.69) is 39.0 Å². The Bertz CT molecular complexity index is 1340. The third kappa shape index (κ3) is 5.00. The Labute approximate surface area is 187 Å². The van der Waals surface area contributed by atoms with E-state index in [0.29, 0.717) is 17.8 Å². The molecule has 0 fully saturated rings. The van der Waals surface area contributed by atoms with Crippen molar-refractivity contribution in [3.8, 4) is 0 Å². The van der Waals surface area contributed by atoms with Gasteiger partial charge in [-0.1, -0.05) is 42.0 Å². The topological polar surface area (TPSA) is 80.2 Å². The Morgan fingerprint density at radius 2 is 1.72 bits per heavy atom. The van der Waals surface area contributed by atoms with Crippen LogP contribution >= 0.6 is 0 Å². The summed E-state index contributed by atoms with van der Waals surface area (Å²) in [6.07, 6.45) is 2.83. The molecular weight excluding hydrogens is 422 g/mol. The molecule has 0 saturated heterocycles. The monoisotopic (exact) mass is 447 g/mol. The lowest BCUT2D eigenvalue weighted by Crippen LogP contribution is -2.25. The van der Waals surface area contributed by atoms with Crippen LogP contribution < -0.4 is 10.0 Å². The Morgan fingerprint density at radius 3 is 2.53 bits per heavy atom. The van der Waals surface area contributed by atoms with Gasteiger partial charge in [-0.05, 0) is 61.2 Å². The van der Waals surface area contributed by atoms with Crippen LogP contribution in [0.15, 0.2) is 90.0 Å². The lowest BCUT2D eigenvalue weighted by atomic mass is 10.2. The van der Waals surface area contributed by atoms with Gasteiger partial charge in [0.25, 0.3) is 15.9 Å². The quantitative estimate of drug-likeness (QED) is 0.388. The van der Waals surface area contributed by atoms with Crippen LogP contribution in [-0.4, -0.2) is 25.4 Å². The maximum atomic E-state index is 12.6. The standard InChI is InChI=1S/C25H25N3O3S/c1-19-10-12-23(13-11-19)32(30,31)27-22-8-4-7-21(18-22)25(29)26-15-5-16-28-17-14-20-6-2-3-9-24(20)28/h2-4,6-14,17-18,27H,5,15-16H2,1H3,(H,26,29). The molecule has 32 heavy (non-hydrogen) atoms. The first-order valence-electron chi connectivity index (χ1n) is 10.4. The van der Waals surface area contributed by atoms with E-state index in [-0.39, 0.29) is 10.8 Å². The summed E-state index contributed by atoms with van der Waals surface area (Å²) in [5.74, 6) is -0.237. The fourth-order valence-electron chi connectivity index (χ4n) is 3.54. The van der Waals surface area contributed by atoms with E-state index < -0.39 is 10.0 Å². The van der Waals surface area contributed by atoms with Gasteiger partial charge >= 0.3 is 0 Å². The number of aromatic nitrogens is 1. The van der Waals surface area contributed by atoms with Gasteiger partial charge in [-0.25, -0.2) is 8.42 Å². The molecule has 2 N–H and O–H groups in total. The first-order valence-corrected chi connectivity index (χ1v) is 11.9. The zero-order valence-corrected chi connectivity index (χ0v) is 18.6. The molecule has 0 unspecified atom stereocenters. The highest BCUT2D eigenvalue weighted by Gasteiger charge is 2.15. The molecule has 0 aliphatic carbocycles. The molecule has 1 aromatic heterocycles. The maximum Gasteiger partial charge on any atom is 0.261 e. The van der Waals surface area contributed by atoms with Gasteiger partial charge in [0.1, 0.15) is 0 Å². The molecule has 0 atom stereocenters. The number of hydrogen-bond acceptors (Lipinski definition) is 3. The fraction of sp³-hybridized carbons (Fsp3) is 0.160. The van der Waals surface area contributed by atoms with Gasteiger partial charge < -0.3 is 9.88 Å². The molecule has 4 aromatic rings. The van der Waals surface area contributed by atoms with Crippen LogP contribution in [0.1, 0.15) is 22.3 Å². The summed E-state index contributed by atoms with van der Waals surface area (Å²) in [5, 5.41) is 4.10. The lowest BCUT2D eigenvalue weighted by molar-refractivity contribution is 0.0953. The van der Waals surface area contributed by atoms with Gasteiger partial charge in [-0.15, -0.1) is 0 Å². The van der Waals surface area contributed by atoms with Crippen LogP contribution in [0.5, 0.6) is 0 Å². The van der Waals surface area contributed by atoms with Crippen LogP contribution in [0.2, 0.25) is 0 Å². The number of carbonyl (C=O) groups is 1. The predicted molar refractivity (Wildman–Crippen MR) is 127 cm³/mol. The molecule has 0 aliphatic rings. The molecule has 0 spiro atoms. The Kier molecular flexibility index (Phi) is 6.28. The normalized spacial score (nSPS) is 11.4.